The van der Waals surface area contributed by atoms with Crippen LogP contribution >= 0.6 is 0 Å². The van der Waals surface area contributed by atoms with Crippen molar-refractivity contribution in [1.82, 2.24) is 9.31 Å². The molecule has 0 unspecified atom stereocenters. The van der Waals surface area contributed by atoms with Gasteiger partial charge in [-0.2, -0.15) is 9.41 Å². The second kappa shape index (κ2) is 9.14. The summed E-state index contributed by atoms with van der Waals surface area (Å²) < 4.78 is 28.1. The highest BCUT2D eigenvalue weighted by Gasteiger charge is 2.32. The third-order valence-electron chi connectivity index (χ3n) is 5.78. The number of hydrogen-bond acceptors (Lipinski definition) is 5. The Morgan fingerprint density at radius 3 is 2.33 bits per heavy atom. The summed E-state index contributed by atoms with van der Waals surface area (Å²) in [6, 6.07) is 10.2. The van der Waals surface area contributed by atoms with Gasteiger partial charge in [-0.25, -0.2) is 13.4 Å². The van der Waals surface area contributed by atoms with E-state index in [-0.39, 0.29) is 0 Å². The highest BCUT2D eigenvalue weighted by molar-refractivity contribution is 7.89. The van der Waals surface area contributed by atoms with E-state index in [0.29, 0.717) is 18.0 Å². The number of hydrogen-bond donors (Lipinski definition) is 0. The number of H-pyrrole nitrogens is 1. The Bertz CT molecular complexity index is 977. The summed E-state index contributed by atoms with van der Waals surface area (Å²) in [4.78, 5) is 5.50. The number of piperidine rings is 1. The lowest BCUT2D eigenvalue weighted by Crippen LogP contribution is -2.45. The number of aryl methyl sites for hydroxylation is 1. The summed E-state index contributed by atoms with van der Waals surface area (Å²) in [5, 5.41) is 6.65. The van der Waals surface area contributed by atoms with Crippen LogP contribution in [0, 0.1) is 6.92 Å². The lowest BCUT2D eigenvalue weighted by atomic mass is 10.2. The monoisotopic (exact) mass is 428 g/mol. The summed E-state index contributed by atoms with van der Waals surface area (Å²) in [6.07, 6.45) is 8.28. The minimum absolute atomic E-state index is 0.378. The fraction of sp³-hybridized carbons (Fsp3) is 0.455. The van der Waals surface area contributed by atoms with E-state index in [1.54, 1.807) is 16.7 Å². The van der Waals surface area contributed by atoms with Crippen molar-refractivity contribution < 1.29 is 13.4 Å². The zero-order chi connectivity index (χ0) is 21.0. The summed E-state index contributed by atoms with van der Waals surface area (Å²) in [5.74, 6) is 0. The third-order valence-corrected chi connectivity index (χ3v) is 7.71. The number of pyridine rings is 1. The average Bonchev–Trinajstić information content (AvgIpc) is 2.80. The van der Waals surface area contributed by atoms with Crippen molar-refractivity contribution in [3.05, 3.63) is 53.9 Å². The van der Waals surface area contributed by atoms with Crippen LogP contribution in [0.4, 0.5) is 5.69 Å². The molecule has 2 saturated heterocycles. The second-order valence-electron chi connectivity index (χ2n) is 7.95. The number of nitrogens with one attached hydrogen (secondary N) is 1. The normalized spacial score (nSPS) is 18.8. The molecule has 0 aliphatic carbocycles. The predicted octanol–water partition coefficient (Wildman–Crippen LogP) is 2.14. The summed E-state index contributed by atoms with van der Waals surface area (Å²) in [5.41, 5.74) is 3.09. The van der Waals surface area contributed by atoms with E-state index in [1.807, 2.05) is 17.3 Å². The van der Waals surface area contributed by atoms with Crippen LogP contribution in [0.2, 0.25) is 0 Å². The molecule has 0 atom stereocenters. The van der Waals surface area contributed by atoms with Crippen molar-refractivity contribution >= 4 is 21.9 Å². The molecule has 0 radical (unpaired) electrons. The zero-order valence-corrected chi connectivity index (χ0v) is 18.3. The molecule has 1 aromatic heterocycles. The highest BCUT2D eigenvalue weighted by atomic mass is 32.2. The zero-order valence-electron chi connectivity index (χ0n) is 17.5. The second-order valence-corrected chi connectivity index (χ2v) is 9.86. The van der Waals surface area contributed by atoms with Gasteiger partial charge in [0.25, 0.3) is 10.0 Å². The molecule has 30 heavy (non-hydrogen) atoms. The van der Waals surface area contributed by atoms with Crippen LogP contribution in [-0.2, 0) is 10.0 Å². The van der Waals surface area contributed by atoms with E-state index in [4.69, 9.17) is 0 Å². The molecule has 1 N–H and O–H groups in total. The molecule has 2 aromatic rings. The standard InChI is InChI=1S/C22H29N5O2S/c1-19-5-7-20(8-6-19)17-24-26-15-13-25(14-16-26)21-9-10-23-18-22(21)30(28,29)27-11-3-2-4-12-27/h5-10,17-18H,2-4,11-16H2,1H3/p+1/b24-17-. The van der Waals surface area contributed by atoms with Crippen LogP contribution < -0.4 is 9.88 Å². The molecular weight excluding hydrogens is 398 g/mol. The van der Waals surface area contributed by atoms with E-state index in [0.717, 1.165) is 56.7 Å². The molecule has 2 aliphatic rings. The van der Waals surface area contributed by atoms with E-state index in [1.165, 1.54) is 5.56 Å². The quantitative estimate of drug-likeness (QED) is 0.684. The maximum atomic E-state index is 13.2. The number of benzene rings is 1. The van der Waals surface area contributed by atoms with Crippen molar-refractivity contribution in [2.45, 2.75) is 31.1 Å². The van der Waals surface area contributed by atoms with Gasteiger partial charge in [-0.3, -0.25) is 5.01 Å². The fourth-order valence-corrected chi connectivity index (χ4v) is 5.67. The lowest BCUT2D eigenvalue weighted by Gasteiger charge is -2.35. The van der Waals surface area contributed by atoms with Gasteiger partial charge in [0.2, 0.25) is 0 Å². The van der Waals surface area contributed by atoms with Gasteiger partial charge in [0.15, 0.2) is 17.3 Å². The van der Waals surface area contributed by atoms with Gasteiger partial charge >= 0.3 is 0 Å². The molecule has 0 saturated carbocycles. The Morgan fingerprint density at radius 1 is 0.933 bits per heavy atom. The van der Waals surface area contributed by atoms with Gasteiger partial charge in [0, 0.05) is 32.2 Å². The Morgan fingerprint density at radius 2 is 1.63 bits per heavy atom. The molecule has 4 rings (SSSR count). The number of aromatic nitrogens is 1. The minimum atomic E-state index is -3.49. The smallest absolute Gasteiger partial charge is 0.251 e. The third kappa shape index (κ3) is 4.65. The first-order valence-corrected chi connectivity index (χ1v) is 12.1. The number of aromatic amines is 1. The van der Waals surface area contributed by atoms with Crippen molar-refractivity contribution in [1.29, 1.82) is 0 Å². The topological polar surface area (TPSA) is 70.4 Å². The predicted molar refractivity (Wildman–Crippen MR) is 118 cm³/mol. The maximum absolute atomic E-state index is 13.2. The average molecular weight is 429 g/mol. The van der Waals surface area contributed by atoms with Crippen LogP contribution in [0.25, 0.3) is 0 Å². The largest absolute Gasteiger partial charge is 0.366 e. The van der Waals surface area contributed by atoms with Crippen LogP contribution in [0.3, 0.4) is 0 Å². The molecule has 0 bridgehead atoms. The van der Waals surface area contributed by atoms with Crippen LogP contribution in [0.5, 0.6) is 0 Å². The molecule has 7 nitrogen and oxygen atoms in total. The first-order chi connectivity index (χ1) is 14.5. The van der Waals surface area contributed by atoms with Gasteiger partial charge in [-0.1, -0.05) is 36.2 Å². The summed E-state index contributed by atoms with van der Waals surface area (Å²) >= 11 is 0. The molecule has 3 heterocycles. The number of nitrogens with zero attached hydrogens (tertiary/aromatic N) is 4. The van der Waals surface area contributed by atoms with Crippen LogP contribution in [-0.4, -0.2) is 63.2 Å². The lowest BCUT2D eigenvalue weighted by molar-refractivity contribution is -0.380. The number of piperazine rings is 1. The maximum Gasteiger partial charge on any atom is 0.251 e. The van der Waals surface area contributed by atoms with Gasteiger partial charge in [0.1, 0.15) is 0 Å². The molecule has 8 heteroatoms. The van der Waals surface area contributed by atoms with Crippen LogP contribution in [0.15, 0.2) is 52.7 Å². The number of rotatable bonds is 5. The van der Waals surface area contributed by atoms with Crippen molar-refractivity contribution in [2.24, 2.45) is 5.10 Å². The van der Waals surface area contributed by atoms with Gasteiger partial charge < -0.3 is 4.90 Å². The van der Waals surface area contributed by atoms with Crippen molar-refractivity contribution in [3.8, 4) is 0 Å². The van der Waals surface area contributed by atoms with E-state index >= 15 is 0 Å². The summed E-state index contributed by atoms with van der Waals surface area (Å²) in [6.45, 7) is 6.27. The molecule has 2 fully saturated rings. The Hall–Kier alpha value is -2.45. The molecule has 0 spiro atoms. The number of sulfonamides is 1. The molecule has 0 amide bonds. The van der Waals surface area contributed by atoms with Gasteiger partial charge in [-0.05, 0) is 25.3 Å². The molecular formula is C22H30N5O2S+. The number of anilines is 1. The van der Waals surface area contributed by atoms with Gasteiger partial charge in [0.05, 0.1) is 25.0 Å². The SMILES string of the molecule is Cc1ccc(/C=N\N2CCN(c3cc[nH+]cc3S(=O)(=O)N3CCCCC3)CC2)cc1. The van der Waals surface area contributed by atoms with E-state index in [9.17, 15) is 8.42 Å². The van der Waals surface area contributed by atoms with E-state index < -0.39 is 10.0 Å². The molecule has 1 aromatic carbocycles. The summed E-state index contributed by atoms with van der Waals surface area (Å²) in [7, 11) is -3.49. The Kier molecular flexibility index (Phi) is 6.34. The Labute approximate surface area is 179 Å². The minimum Gasteiger partial charge on any atom is -0.366 e. The molecule has 160 valence electrons. The first-order valence-electron chi connectivity index (χ1n) is 10.6. The highest BCUT2D eigenvalue weighted by Crippen LogP contribution is 2.28. The Balaban J connectivity index is 1.44. The van der Waals surface area contributed by atoms with Crippen molar-refractivity contribution in [2.75, 3.05) is 44.2 Å². The van der Waals surface area contributed by atoms with Gasteiger partial charge in [-0.15, -0.1) is 0 Å². The molecule has 2 aliphatic heterocycles. The van der Waals surface area contributed by atoms with E-state index in [2.05, 4.69) is 46.2 Å². The fourth-order valence-electron chi connectivity index (χ4n) is 3.97. The number of hydrazone groups is 1. The first kappa shape index (κ1) is 20.8. The van der Waals surface area contributed by atoms with Crippen molar-refractivity contribution in [3.63, 3.8) is 0 Å². The van der Waals surface area contributed by atoms with Crippen LogP contribution in [0.1, 0.15) is 30.4 Å².